The predicted molar refractivity (Wildman–Crippen MR) is 105 cm³/mol. The van der Waals surface area contributed by atoms with Crippen LogP contribution in [0.25, 0.3) is 10.8 Å². The second kappa shape index (κ2) is 9.20. The zero-order chi connectivity index (χ0) is 20.1. The molecule has 2 aromatic rings. The van der Waals surface area contributed by atoms with Crippen molar-refractivity contribution >= 4 is 31.7 Å². The lowest BCUT2D eigenvalue weighted by molar-refractivity contribution is 0.308. The van der Waals surface area contributed by atoms with E-state index < -0.39 is 20.7 Å². The monoisotopic (exact) mass is 417 g/mol. The Kier molecular flexibility index (Phi) is 7.46. The number of unbranched alkanes of at least 4 members (excludes halogenated alkanes) is 3. The van der Waals surface area contributed by atoms with Crippen LogP contribution in [-0.4, -0.2) is 31.7 Å². The Morgan fingerprint density at radius 2 is 1.67 bits per heavy atom. The minimum atomic E-state index is -5.09. The molecular weight excluding hydrogens is 392 g/mol. The smallest absolute Gasteiger partial charge is 0.360 e. The van der Waals surface area contributed by atoms with E-state index in [0.717, 1.165) is 36.5 Å². The maximum Gasteiger partial charge on any atom is 0.360 e. The first kappa shape index (κ1) is 21.9. The van der Waals surface area contributed by atoms with Crippen LogP contribution in [0.5, 0.6) is 5.75 Å². The molecule has 2 rings (SSSR count). The van der Waals surface area contributed by atoms with E-state index in [0.29, 0.717) is 12.4 Å². The maximum atomic E-state index is 11.5. The Morgan fingerprint density at radius 1 is 1.00 bits per heavy atom. The van der Waals surface area contributed by atoms with Gasteiger partial charge in [-0.15, -0.1) is 0 Å². The van der Waals surface area contributed by atoms with Crippen molar-refractivity contribution in [3.63, 3.8) is 0 Å². The summed E-state index contributed by atoms with van der Waals surface area (Å²) in [5.74, 6) is 0.488. The van der Waals surface area contributed by atoms with Crippen molar-refractivity contribution in [2.45, 2.75) is 38.1 Å². The average molecular weight is 417 g/mol. The van der Waals surface area contributed by atoms with Crippen LogP contribution in [-0.2, 0) is 9.13 Å². The zero-order valence-corrected chi connectivity index (χ0v) is 16.8. The number of nitrogens with one attached hydrogen (secondary N) is 1. The zero-order valence-electron chi connectivity index (χ0n) is 15.0. The van der Waals surface area contributed by atoms with Gasteiger partial charge in [-0.3, -0.25) is 9.13 Å². The first-order valence-corrected chi connectivity index (χ1v) is 12.0. The number of hydrogen-bond donors (Lipinski definition) is 5. The molecule has 5 N–H and O–H groups in total. The molecule has 0 aliphatic rings. The van der Waals surface area contributed by atoms with E-state index in [1.165, 1.54) is 6.07 Å². The van der Waals surface area contributed by atoms with Gasteiger partial charge in [-0.1, -0.05) is 50.5 Å². The minimum Gasteiger partial charge on any atom is -0.493 e. The van der Waals surface area contributed by atoms with Crippen LogP contribution in [0.3, 0.4) is 0 Å². The average Bonchev–Trinajstić information content (AvgIpc) is 2.57. The fraction of sp³-hybridized carbons (Fsp3) is 0.412. The van der Waals surface area contributed by atoms with Crippen molar-refractivity contribution in [1.82, 2.24) is 0 Å². The Labute approximate surface area is 157 Å². The molecule has 27 heavy (non-hydrogen) atoms. The number of hydrogen-bond acceptors (Lipinski definition) is 4. The van der Waals surface area contributed by atoms with Crippen molar-refractivity contribution in [3.8, 4) is 5.75 Å². The summed E-state index contributed by atoms with van der Waals surface area (Å²) >= 11 is 0. The van der Waals surface area contributed by atoms with Crippen LogP contribution in [0, 0.1) is 0 Å². The van der Waals surface area contributed by atoms with Crippen molar-refractivity contribution in [1.29, 1.82) is 0 Å². The third kappa shape index (κ3) is 6.32. The van der Waals surface area contributed by atoms with Crippen molar-refractivity contribution < 1.29 is 33.4 Å². The van der Waals surface area contributed by atoms with Gasteiger partial charge in [-0.2, -0.15) is 0 Å². The van der Waals surface area contributed by atoms with Gasteiger partial charge in [-0.25, -0.2) is 0 Å². The van der Waals surface area contributed by atoms with Crippen LogP contribution in [0.1, 0.15) is 32.6 Å². The molecule has 0 saturated heterocycles. The summed E-state index contributed by atoms with van der Waals surface area (Å²) in [4.78, 5) is 37.2. The fourth-order valence-corrected chi connectivity index (χ4v) is 4.90. The summed E-state index contributed by atoms with van der Waals surface area (Å²) < 4.78 is 28.9. The van der Waals surface area contributed by atoms with Gasteiger partial charge < -0.3 is 29.6 Å². The summed E-state index contributed by atoms with van der Waals surface area (Å²) in [7, 11) is -10.2. The third-order valence-corrected chi connectivity index (χ3v) is 7.35. The minimum absolute atomic E-state index is 0.161. The van der Waals surface area contributed by atoms with Crippen LogP contribution in [0.4, 0.5) is 5.69 Å². The molecule has 0 radical (unpaired) electrons. The predicted octanol–water partition coefficient (Wildman–Crippen LogP) is 3.85. The Morgan fingerprint density at radius 3 is 2.30 bits per heavy atom. The number of ether oxygens (including phenoxy) is 1. The van der Waals surface area contributed by atoms with Crippen LogP contribution < -0.4 is 10.1 Å². The van der Waals surface area contributed by atoms with Crippen LogP contribution in [0.2, 0.25) is 0 Å². The number of benzene rings is 2. The normalized spacial score (nSPS) is 12.5. The molecule has 0 amide bonds. The van der Waals surface area contributed by atoms with E-state index in [9.17, 15) is 28.7 Å². The van der Waals surface area contributed by atoms with Gasteiger partial charge in [0.05, 0.1) is 6.61 Å². The molecule has 0 fully saturated rings. The molecule has 0 spiro atoms. The lowest BCUT2D eigenvalue weighted by atomic mass is 10.1. The van der Waals surface area contributed by atoms with Gasteiger partial charge >= 0.3 is 15.2 Å². The van der Waals surface area contributed by atoms with E-state index in [-0.39, 0.29) is 5.69 Å². The highest BCUT2D eigenvalue weighted by Gasteiger charge is 2.43. The Balaban J connectivity index is 2.31. The first-order valence-electron chi connectivity index (χ1n) is 8.65. The highest BCUT2D eigenvalue weighted by Crippen LogP contribution is 2.59. The van der Waals surface area contributed by atoms with Crippen molar-refractivity contribution in [2.24, 2.45) is 0 Å². The van der Waals surface area contributed by atoms with Crippen LogP contribution >= 0.6 is 15.2 Å². The van der Waals surface area contributed by atoms with Gasteiger partial charge in [0.25, 0.3) is 0 Å². The summed E-state index contributed by atoms with van der Waals surface area (Å²) in [6.45, 7) is 2.59. The topological polar surface area (TPSA) is 136 Å². The molecule has 0 bridgehead atoms. The quantitative estimate of drug-likeness (QED) is 0.290. The summed E-state index contributed by atoms with van der Waals surface area (Å²) in [5, 5.41) is 3.83. The second-order valence-electron chi connectivity index (χ2n) is 6.30. The van der Waals surface area contributed by atoms with Crippen molar-refractivity contribution in [2.75, 3.05) is 11.9 Å². The lowest BCUT2D eigenvalue weighted by Gasteiger charge is -2.22. The standard InChI is InChI=1S/C17H25NO7P2/c1-2-3-4-7-10-25-16-12-14(11-13-8-5-6-9-15(13)16)18-17(26(19,20)21)27(22,23)24/h5-6,8-9,11-12,17-18H,2-4,7,10H2,1H3,(H2,19,20,21)(H2,22,23,24). The second-order valence-corrected chi connectivity index (χ2v) is 10.1. The van der Waals surface area contributed by atoms with E-state index in [1.807, 2.05) is 12.1 Å². The molecule has 0 saturated carbocycles. The molecule has 0 atom stereocenters. The summed E-state index contributed by atoms with van der Waals surface area (Å²) in [6.07, 6.45) is 4.12. The summed E-state index contributed by atoms with van der Waals surface area (Å²) in [5.41, 5.74) is -2.16. The lowest BCUT2D eigenvalue weighted by Crippen LogP contribution is -2.20. The molecule has 0 aromatic heterocycles. The Bertz CT molecular complexity index is 839. The molecule has 0 unspecified atom stereocenters. The van der Waals surface area contributed by atoms with E-state index >= 15 is 0 Å². The van der Waals surface area contributed by atoms with E-state index in [1.54, 1.807) is 18.2 Å². The van der Waals surface area contributed by atoms with Crippen LogP contribution in [0.15, 0.2) is 36.4 Å². The maximum absolute atomic E-state index is 11.5. The summed E-state index contributed by atoms with van der Waals surface area (Å²) in [6, 6.07) is 10.3. The SMILES string of the molecule is CCCCCCOc1cc(NC(P(=O)(O)O)P(=O)(O)O)cc2ccccc12. The third-order valence-electron chi connectivity index (χ3n) is 4.01. The Hall–Kier alpha value is -1.40. The number of anilines is 1. The molecular formula is C17H25NO7P2. The largest absolute Gasteiger partial charge is 0.493 e. The van der Waals surface area contributed by atoms with E-state index in [2.05, 4.69) is 12.2 Å². The molecule has 0 aliphatic heterocycles. The molecule has 8 nitrogen and oxygen atoms in total. The first-order chi connectivity index (χ1) is 12.6. The van der Waals surface area contributed by atoms with Crippen molar-refractivity contribution in [3.05, 3.63) is 36.4 Å². The molecule has 150 valence electrons. The molecule has 2 aromatic carbocycles. The van der Waals surface area contributed by atoms with Gasteiger partial charge in [0, 0.05) is 17.1 Å². The number of rotatable bonds is 10. The molecule has 0 heterocycles. The molecule has 10 heteroatoms. The highest BCUT2D eigenvalue weighted by molar-refractivity contribution is 7.71. The fourth-order valence-electron chi connectivity index (χ4n) is 2.70. The van der Waals surface area contributed by atoms with Gasteiger partial charge in [0.2, 0.25) is 5.52 Å². The van der Waals surface area contributed by atoms with Gasteiger partial charge in [-0.05, 0) is 17.9 Å². The van der Waals surface area contributed by atoms with Gasteiger partial charge in [0.15, 0.2) is 0 Å². The molecule has 0 aliphatic carbocycles. The van der Waals surface area contributed by atoms with E-state index in [4.69, 9.17) is 4.74 Å². The number of fused-ring (bicyclic) bond motifs is 1. The van der Waals surface area contributed by atoms with Gasteiger partial charge in [0.1, 0.15) is 5.75 Å². The highest BCUT2D eigenvalue weighted by atomic mass is 31.2.